The molecule has 1 aromatic carbocycles. The van der Waals surface area contributed by atoms with Gasteiger partial charge in [-0.1, -0.05) is 84.9 Å². The summed E-state index contributed by atoms with van der Waals surface area (Å²) in [5.41, 5.74) is 6.07. The molecule has 2 unspecified atom stereocenters. The Hall–Kier alpha value is -2.28. The Kier molecular flexibility index (Phi) is 5.76. The zero-order valence-electron chi connectivity index (χ0n) is 15.0. The van der Waals surface area contributed by atoms with E-state index in [1.807, 2.05) is 12.1 Å². The Morgan fingerprint density at radius 1 is 1.24 bits per heavy atom. The molecule has 0 bridgehead atoms. The number of benzene rings is 1. The molecule has 25 heavy (non-hydrogen) atoms. The molecule has 0 amide bonds. The van der Waals surface area contributed by atoms with Crippen LogP contribution in [0.3, 0.4) is 0 Å². The third-order valence-corrected chi connectivity index (χ3v) is 5.06. The molecule has 0 heterocycles. The summed E-state index contributed by atoms with van der Waals surface area (Å²) in [7, 11) is 6.19. The van der Waals surface area contributed by atoms with Gasteiger partial charge < -0.3 is 0 Å². The third-order valence-electron chi connectivity index (χ3n) is 5.06. The smallest absolute Gasteiger partial charge is 0.0988 e. The van der Waals surface area contributed by atoms with Crippen molar-refractivity contribution in [2.75, 3.05) is 0 Å². The van der Waals surface area contributed by atoms with Crippen molar-refractivity contribution >= 4 is 13.3 Å². The minimum absolute atomic E-state index is 0.192. The first-order chi connectivity index (χ1) is 12.2. The van der Waals surface area contributed by atoms with Crippen LogP contribution >= 0.6 is 0 Å². The molecule has 1 aromatic rings. The largest absolute Gasteiger partial charge is 0.113 e. The van der Waals surface area contributed by atoms with Crippen LogP contribution in [0.2, 0.25) is 0 Å². The van der Waals surface area contributed by atoms with E-state index in [1.54, 1.807) is 0 Å². The number of allylic oxidation sites excluding steroid dienone is 11. The Labute approximate surface area is 153 Å². The average Bonchev–Trinajstić information content (AvgIpc) is 2.67. The van der Waals surface area contributed by atoms with Gasteiger partial charge in [0.15, 0.2) is 0 Å². The van der Waals surface area contributed by atoms with E-state index in [4.69, 9.17) is 7.85 Å². The molecule has 0 aliphatic heterocycles. The van der Waals surface area contributed by atoms with Crippen molar-refractivity contribution < 1.29 is 0 Å². The normalized spacial score (nSPS) is 21.1. The lowest BCUT2D eigenvalue weighted by molar-refractivity contribution is 0.815. The first-order valence-corrected chi connectivity index (χ1v) is 9.12. The highest BCUT2D eigenvalue weighted by molar-refractivity contribution is 6.32. The molecule has 0 spiro atoms. The van der Waals surface area contributed by atoms with E-state index in [0.717, 1.165) is 24.7 Å². The Balaban J connectivity index is 2.14. The summed E-state index contributed by atoms with van der Waals surface area (Å²) in [5.74, 6) is 0.594. The first kappa shape index (κ1) is 17.5. The Morgan fingerprint density at radius 3 is 2.76 bits per heavy atom. The molecule has 0 saturated heterocycles. The zero-order valence-corrected chi connectivity index (χ0v) is 15.0. The van der Waals surface area contributed by atoms with Crippen LogP contribution in [-0.4, -0.2) is 7.85 Å². The number of rotatable bonds is 5. The van der Waals surface area contributed by atoms with E-state index < -0.39 is 0 Å². The van der Waals surface area contributed by atoms with Crippen molar-refractivity contribution in [1.82, 2.24) is 0 Å². The van der Waals surface area contributed by atoms with Gasteiger partial charge in [0.1, 0.15) is 7.85 Å². The van der Waals surface area contributed by atoms with Gasteiger partial charge >= 0.3 is 0 Å². The van der Waals surface area contributed by atoms with E-state index in [9.17, 15) is 0 Å². The molecule has 124 valence electrons. The molecule has 1 heteroatoms. The van der Waals surface area contributed by atoms with Gasteiger partial charge in [0.2, 0.25) is 0 Å². The maximum Gasteiger partial charge on any atom is 0.113 e. The quantitative estimate of drug-likeness (QED) is 0.490. The molecule has 0 fully saturated rings. The summed E-state index contributed by atoms with van der Waals surface area (Å²) >= 11 is 0. The molecule has 3 rings (SSSR count). The highest BCUT2D eigenvalue weighted by Gasteiger charge is 2.24. The third kappa shape index (κ3) is 3.87. The number of hydrogen-bond acceptors (Lipinski definition) is 0. The average molecular weight is 324 g/mol. The second-order valence-electron chi connectivity index (χ2n) is 6.65. The molecule has 0 aromatic heterocycles. The van der Waals surface area contributed by atoms with Crippen LogP contribution in [0.15, 0.2) is 90.6 Å². The molecule has 0 saturated carbocycles. The van der Waals surface area contributed by atoms with Gasteiger partial charge in [0.05, 0.1) is 0 Å². The Bertz CT molecular complexity index is 786. The SMILES string of the molecule is [B]c1ccc(C2C=CC=CC2)c(C(C2=CCCC=C2)/C(C=C)=C/C)c1. The predicted octanol–water partition coefficient (Wildman–Crippen LogP) is 5.57. The van der Waals surface area contributed by atoms with Crippen molar-refractivity contribution in [2.24, 2.45) is 0 Å². The number of hydrogen-bond donors (Lipinski definition) is 0. The van der Waals surface area contributed by atoms with Gasteiger partial charge in [0.25, 0.3) is 0 Å². The van der Waals surface area contributed by atoms with Gasteiger partial charge in [-0.15, -0.1) is 0 Å². The van der Waals surface area contributed by atoms with E-state index >= 15 is 0 Å². The van der Waals surface area contributed by atoms with Gasteiger partial charge in [-0.2, -0.15) is 0 Å². The monoisotopic (exact) mass is 324 g/mol. The summed E-state index contributed by atoms with van der Waals surface area (Å²) < 4.78 is 0. The van der Waals surface area contributed by atoms with Crippen LogP contribution in [0.25, 0.3) is 0 Å². The zero-order chi connectivity index (χ0) is 17.6. The van der Waals surface area contributed by atoms with Gasteiger partial charge in [-0.05, 0) is 48.5 Å². The summed E-state index contributed by atoms with van der Waals surface area (Å²) in [6, 6.07) is 6.38. The van der Waals surface area contributed by atoms with Gasteiger partial charge in [-0.25, -0.2) is 0 Å². The van der Waals surface area contributed by atoms with E-state index in [1.165, 1.54) is 22.3 Å². The topological polar surface area (TPSA) is 0 Å². The van der Waals surface area contributed by atoms with Crippen molar-refractivity contribution in [3.05, 3.63) is 102 Å². The fourth-order valence-electron chi connectivity index (χ4n) is 3.79. The fraction of sp³-hybridized carbons (Fsp3) is 0.250. The van der Waals surface area contributed by atoms with Crippen LogP contribution in [0, 0.1) is 0 Å². The van der Waals surface area contributed by atoms with Crippen LogP contribution in [0.1, 0.15) is 49.1 Å². The van der Waals surface area contributed by atoms with Crippen LogP contribution in [0.5, 0.6) is 0 Å². The molecule has 0 nitrogen and oxygen atoms in total. The van der Waals surface area contributed by atoms with Crippen LogP contribution in [-0.2, 0) is 0 Å². The summed E-state index contributed by atoms with van der Waals surface area (Å²) in [4.78, 5) is 0. The molecule has 2 radical (unpaired) electrons. The van der Waals surface area contributed by atoms with Gasteiger partial charge in [0, 0.05) is 11.8 Å². The van der Waals surface area contributed by atoms with E-state index in [2.05, 4.69) is 74.2 Å². The van der Waals surface area contributed by atoms with Crippen molar-refractivity contribution in [3.8, 4) is 0 Å². The first-order valence-electron chi connectivity index (χ1n) is 9.12. The lowest BCUT2D eigenvalue weighted by atomic mass is 9.75. The van der Waals surface area contributed by atoms with Crippen molar-refractivity contribution in [1.29, 1.82) is 0 Å². The standard InChI is InChI=1S/C24H25B/c1-3-18(4-2)24(20-13-9-6-10-14-20)23-17-21(25)15-16-22(23)19-11-7-5-8-12-19/h3-5,7-9,11,13-17,19,24H,1,6,10,12H2,2H3/b18-4+. The summed E-state index contributed by atoms with van der Waals surface area (Å²) in [6.07, 6.45) is 23.1. The molecule has 2 atom stereocenters. The van der Waals surface area contributed by atoms with E-state index in [0.29, 0.717) is 5.92 Å². The minimum Gasteiger partial charge on any atom is -0.0988 e. The summed E-state index contributed by atoms with van der Waals surface area (Å²) in [6.45, 7) is 6.15. The summed E-state index contributed by atoms with van der Waals surface area (Å²) in [5, 5.41) is 0. The van der Waals surface area contributed by atoms with Crippen LogP contribution < -0.4 is 5.46 Å². The maximum atomic E-state index is 6.19. The fourth-order valence-corrected chi connectivity index (χ4v) is 3.79. The van der Waals surface area contributed by atoms with Crippen molar-refractivity contribution in [3.63, 3.8) is 0 Å². The maximum absolute atomic E-state index is 6.19. The van der Waals surface area contributed by atoms with Crippen molar-refractivity contribution in [2.45, 2.75) is 38.0 Å². The van der Waals surface area contributed by atoms with Crippen LogP contribution in [0.4, 0.5) is 0 Å². The molecule has 2 aliphatic rings. The Morgan fingerprint density at radius 2 is 2.12 bits per heavy atom. The molecule has 2 aliphatic carbocycles. The predicted molar refractivity (Wildman–Crippen MR) is 111 cm³/mol. The van der Waals surface area contributed by atoms with E-state index in [-0.39, 0.29) is 5.92 Å². The minimum atomic E-state index is 0.192. The molecular formula is C24H25B. The highest BCUT2D eigenvalue weighted by Crippen LogP contribution is 2.40. The second-order valence-corrected chi connectivity index (χ2v) is 6.65. The lowest BCUT2D eigenvalue weighted by Gasteiger charge is -2.28. The highest BCUT2D eigenvalue weighted by atomic mass is 14.3. The lowest BCUT2D eigenvalue weighted by Crippen LogP contribution is -2.15. The molecular weight excluding hydrogens is 299 g/mol. The molecule has 0 N–H and O–H groups in total. The second kappa shape index (κ2) is 8.20. The van der Waals surface area contributed by atoms with Gasteiger partial charge in [-0.3, -0.25) is 0 Å².